The van der Waals surface area contributed by atoms with Crippen LogP contribution >= 0.6 is 0 Å². The van der Waals surface area contributed by atoms with Crippen LogP contribution in [0.3, 0.4) is 0 Å². The maximum atomic E-state index is 5.69. The zero-order valence-electron chi connectivity index (χ0n) is 21.5. The summed E-state index contributed by atoms with van der Waals surface area (Å²) in [6, 6.07) is 9.35. The minimum atomic E-state index is 0.764. The molecule has 4 rings (SSSR count). The van der Waals surface area contributed by atoms with Gasteiger partial charge in [-0.1, -0.05) is 62.9 Å². The van der Waals surface area contributed by atoms with Gasteiger partial charge in [-0.3, -0.25) is 0 Å². The number of ether oxygens (including phenoxy) is 1. The molecule has 1 heteroatoms. The van der Waals surface area contributed by atoms with Crippen molar-refractivity contribution in [2.75, 3.05) is 6.61 Å². The van der Waals surface area contributed by atoms with Crippen LogP contribution in [-0.4, -0.2) is 6.61 Å². The zero-order valence-corrected chi connectivity index (χ0v) is 21.5. The maximum Gasteiger partial charge on any atom is 0.0716 e. The van der Waals surface area contributed by atoms with Crippen molar-refractivity contribution in [1.29, 1.82) is 0 Å². The Morgan fingerprint density at radius 2 is 1.30 bits per heavy atom. The van der Waals surface area contributed by atoms with E-state index in [1.807, 2.05) is 0 Å². The van der Waals surface area contributed by atoms with Gasteiger partial charge in [0.15, 0.2) is 0 Å². The fraction of sp³-hybridized carbons (Fsp3) is 0.750. The van der Waals surface area contributed by atoms with Gasteiger partial charge in [-0.15, -0.1) is 6.58 Å². The highest BCUT2D eigenvalue weighted by atomic mass is 16.5. The Morgan fingerprint density at radius 1 is 0.758 bits per heavy atom. The minimum absolute atomic E-state index is 0.764. The molecule has 0 saturated heterocycles. The first-order valence-corrected chi connectivity index (χ1v) is 14.5. The lowest BCUT2D eigenvalue weighted by Gasteiger charge is -2.38. The van der Waals surface area contributed by atoms with E-state index in [4.69, 9.17) is 4.74 Å². The predicted molar refractivity (Wildman–Crippen MR) is 141 cm³/mol. The summed E-state index contributed by atoms with van der Waals surface area (Å²) < 4.78 is 5.69. The molecular formula is C32H50O. The van der Waals surface area contributed by atoms with E-state index in [1.54, 1.807) is 5.56 Å². The highest BCUT2D eigenvalue weighted by Gasteiger charge is 2.31. The molecule has 3 fully saturated rings. The lowest BCUT2D eigenvalue weighted by Crippen LogP contribution is -2.25. The number of rotatable bonds is 10. The van der Waals surface area contributed by atoms with Gasteiger partial charge in [0, 0.05) is 6.61 Å². The standard InChI is InChI=1S/C32H50O/c1-3-23-33-24-28-13-17-30(18-14-28)32-21-19-31(20-22-32)29-15-11-27(12-16-29)10-9-26-7-5-25(4-2)6-8-26/h4,13-14,17-18,25-27,29,31-32H,2-3,5-12,15-16,19-24H2,1H3/t25-,26-,27-,29-,31-,32-. The van der Waals surface area contributed by atoms with Crippen molar-refractivity contribution in [1.82, 2.24) is 0 Å². The lowest BCUT2D eigenvalue weighted by atomic mass is 9.67. The van der Waals surface area contributed by atoms with E-state index in [0.29, 0.717) is 0 Å². The van der Waals surface area contributed by atoms with Crippen molar-refractivity contribution in [3.8, 4) is 0 Å². The van der Waals surface area contributed by atoms with Crippen LogP contribution < -0.4 is 0 Å². The molecule has 1 aromatic rings. The average molecular weight is 451 g/mol. The monoisotopic (exact) mass is 450 g/mol. The van der Waals surface area contributed by atoms with Gasteiger partial charge in [-0.2, -0.15) is 0 Å². The predicted octanol–water partition coefficient (Wildman–Crippen LogP) is 9.47. The van der Waals surface area contributed by atoms with Crippen LogP contribution in [0.2, 0.25) is 0 Å². The number of hydrogen-bond donors (Lipinski definition) is 0. The normalized spacial score (nSPS) is 33.0. The smallest absolute Gasteiger partial charge is 0.0716 e. The summed E-state index contributed by atoms with van der Waals surface area (Å²) in [5.41, 5.74) is 2.89. The molecule has 0 bridgehead atoms. The second-order valence-electron chi connectivity index (χ2n) is 11.8. The third kappa shape index (κ3) is 7.45. The Labute approximate surface area is 204 Å². The lowest BCUT2D eigenvalue weighted by molar-refractivity contribution is 0.121. The second-order valence-corrected chi connectivity index (χ2v) is 11.8. The molecule has 0 spiro atoms. The fourth-order valence-corrected chi connectivity index (χ4v) is 7.28. The third-order valence-electron chi connectivity index (χ3n) is 9.61. The SMILES string of the molecule is C=C[C@H]1CC[C@H](CC[C@H]2CC[C@H]([C@H]3CC[C@H](c4ccc(COCCC)cc4)CC3)CC2)CC1. The van der Waals surface area contributed by atoms with E-state index < -0.39 is 0 Å². The zero-order chi connectivity index (χ0) is 22.9. The highest BCUT2D eigenvalue weighted by Crippen LogP contribution is 2.45. The molecule has 184 valence electrons. The molecule has 3 aliphatic rings. The van der Waals surface area contributed by atoms with Crippen LogP contribution in [0.15, 0.2) is 36.9 Å². The van der Waals surface area contributed by atoms with E-state index in [0.717, 1.165) is 55.1 Å². The van der Waals surface area contributed by atoms with Crippen LogP contribution in [-0.2, 0) is 11.3 Å². The Balaban J connectivity index is 1.12. The molecule has 0 unspecified atom stereocenters. The van der Waals surface area contributed by atoms with Gasteiger partial charge in [0.1, 0.15) is 0 Å². The Hall–Kier alpha value is -1.08. The summed E-state index contributed by atoms with van der Waals surface area (Å²) in [5.74, 6) is 5.71. The van der Waals surface area contributed by atoms with Crippen LogP contribution in [0.1, 0.15) is 120 Å². The van der Waals surface area contributed by atoms with E-state index >= 15 is 0 Å². The quantitative estimate of drug-likeness (QED) is 0.255. The number of hydrogen-bond acceptors (Lipinski definition) is 1. The minimum Gasteiger partial charge on any atom is -0.377 e. The van der Waals surface area contributed by atoms with Crippen molar-refractivity contribution in [3.05, 3.63) is 48.0 Å². The number of allylic oxidation sites excluding steroid dienone is 1. The first-order chi connectivity index (χ1) is 16.2. The van der Waals surface area contributed by atoms with E-state index in [-0.39, 0.29) is 0 Å². The molecule has 3 aliphatic carbocycles. The van der Waals surface area contributed by atoms with Gasteiger partial charge in [-0.25, -0.2) is 0 Å². The van der Waals surface area contributed by atoms with Crippen LogP contribution in [0.25, 0.3) is 0 Å². The molecule has 0 atom stereocenters. The van der Waals surface area contributed by atoms with Gasteiger partial charge in [0.2, 0.25) is 0 Å². The number of benzene rings is 1. The Kier molecular flexibility index (Phi) is 9.95. The van der Waals surface area contributed by atoms with Gasteiger partial charge in [-0.05, 0) is 117 Å². The van der Waals surface area contributed by atoms with Crippen molar-refractivity contribution < 1.29 is 4.74 Å². The first kappa shape index (κ1) is 25.0. The Bertz CT molecular complexity index is 667. The fourth-order valence-electron chi connectivity index (χ4n) is 7.28. The summed E-state index contributed by atoms with van der Waals surface area (Å²) in [5, 5.41) is 0. The van der Waals surface area contributed by atoms with Crippen molar-refractivity contribution in [3.63, 3.8) is 0 Å². The third-order valence-corrected chi connectivity index (χ3v) is 9.61. The van der Waals surface area contributed by atoms with Crippen molar-refractivity contribution >= 4 is 0 Å². The molecule has 1 aromatic carbocycles. The van der Waals surface area contributed by atoms with Crippen LogP contribution in [0.5, 0.6) is 0 Å². The van der Waals surface area contributed by atoms with Gasteiger partial charge in [0.05, 0.1) is 6.61 Å². The van der Waals surface area contributed by atoms with Gasteiger partial charge >= 0.3 is 0 Å². The molecule has 3 saturated carbocycles. The molecule has 0 radical (unpaired) electrons. The average Bonchev–Trinajstić information content (AvgIpc) is 2.89. The molecule has 0 N–H and O–H groups in total. The molecule has 1 nitrogen and oxygen atoms in total. The summed E-state index contributed by atoms with van der Waals surface area (Å²) in [7, 11) is 0. The van der Waals surface area contributed by atoms with Crippen molar-refractivity contribution in [2.24, 2.45) is 29.6 Å². The topological polar surface area (TPSA) is 9.23 Å². The summed E-state index contributed by atoms with van der Waals surface area (Å²) >= 11 is 0. The van der Waals surface area contributed by atoms with E-state index in [1.165, 1.54) is 95.5 Å². The Morgan fingerprint density at radius 3 is 1.85 bits per heavy atom. The van der Waals surface area contributed by atoms with Crippen LogP contribution in [0.4, 0.5) is 0 Å². The molecule has 33 heavy (non-hydrogen) atoms. The summed E-state index contributed by atoms with van der Waals surface area (Å²) in [6.45, 7) is 7.80. The van der Waals surface area contributed by atoms with Gasteiger partial charge < -0.3 is 4.74 Å². The maximum absolute atomic E-state index is 5.69. The van der Waals surface area contributed by atoms with Crippen LogP contribution in [0, 0.1) is 29.6 Å². The first-order valence-electron chi connectivity index (χ1n) is 14.5. The molecule has 0 aliphatic heterocycles. The highest BCUT2D eigenvalue weighted by molar-refractivity contribution is 5.25. The largest absolute Gasteiger partial charge is 0.377 e. The second kappa shape index (κ2) is 13.1. The molecule has 0 heterocycles. The summed E-state index contributed by atoms with van der Waals surface area (Å²) in [4.78, 5) is 0. The molecule has 0 amide bonds. The van der Waals surface area contributed by atoms with Crippen molar-refractivity contribution in [2.45, 2.75) is 116 Å². The molecule has 0 aromatic heterocycles. The van der Waals surface area contributed by atoms with Gasteiger partial charge in [0.25, 0.3) is 0 Å². The van der Waals surface area contributed by atoms with E-state index in [9.17, 15) is 0 Å². The van der Waals surface area contributed by atoms with E-state index in [2.05, 4.69) is 43.8 Å². The summed E-state index contributed by atoms with van der Waals surface area (Å²) in [6.07, 6.45) is 23.9. The molecular weight excluding hydrogens is 400 g/mol.